The summed E-state index contributed by atoms with van der Waals surface area (Å²) < 4.78 is 10.7. The highest BCUT2D eigenvalue weighted by atomic mass is 16.5. The summed E-state index contributed by atoms with van der Waals surface area (Å²) in [5, 5.41) is 8.88. The molecule has 0 unspecified atom stereocenters. The van der Waals surface area contributed by atoms with Gasteiger partial charge in [0, 0.05) is 44.5 Å². The smallest absolute Gasteiger partial charge is 0.237 e. The third kappa shape index (κ3) is 5.27. The summed E-state index contributed by atoms with van der Waals surface area (Å²) in [6.45, 7) is 4.52. The van der Waals surface area contributed by atoms with Gasteiger partial charge < -0.3 is 19.0 Å². The van der Waals surface area contributed by atoms with E-state index in [0.29, 0.717) is 26.1 Å². The molecule has 1 saturated heterocycles. The molecule has 0 N–H and O–H groups in total. The number of furan rings is 1. The van der Waals surface area contributed by atoms with Crippen LogP contribution >= 0.6 is 0 Å². The van der Waals surface area contributed by atoms with E-state index in [4.69, 9.17) is 14.4 Å². The third-order valence-corrected chi connectivity index (χ3v) is 4.92. The van der Waals surface area contributed by atoms with Crippen molar-refractivity contribution in [2.24, 2.45) is 0 Å². The van der Waals surface area contributed by atoms with Gasteiger partial charge in [0.1, 0.15) is 11.5 Å². The van der Waals surface area contributed by atoms with Crippen molar-refractivity contribution in [2.75, 3.05) is 51.3 Å². The Hall–Kier alpha value is -2.98. The maximum atomic E-state index is 12.8. The Morgan fingerprint density at radius 2 is 2.07 bits per heavy atom. The standard InChI is InChI=1S/C21H26N4O3/c1-27-19-6-2-5-18(15-19)24-12-10-23(11-13-24)17-21(26)25(9-4-8-22)16-20-7-3-14-28-20/h2-3,5-7,14-15H,4,9-13,16-17H2,1H3. The summed E-state index contributed by atoms with van der Waals surface area (Å²) in [6, 6.07) is 13.8. The minimum atomic E-state index is 0.0291. The highest BCUT2D eigenvalue weighted by Gasteiger charge is 2.22. The first kappa shape index (κ1) is 19.8. The SMILES string of the molecule is COc1cccc(N2CCN(CC(=O)N(CCC#N)Cc3ccco3)CC2)c1. The van der Waals surface area contributed by atoms with Gasteiger partial charge in [0.25, 0.3) is 0 Å². The van der Waals surface area contributed by atoms with E-state index in [9.17, 15) is 4.79 Å². The molecule has 0 saturated carbocycles. The fourth-order valence-corrected chi connectivity index (χ4v) is 3.33. The van der Waals surface area contributed by atoms with Crippen molar-refractivity contribution >= 4 is 11.6 Å². The van der Waals surface area contributed by atoms with E-state index in [-0.39, 0.29) is 5.91 Å². The van der Waals surface area contributed by atoms with E-state index in [1.807, 2.05) is 24.3 Å². The van der Waals surface area contributed by atoms with Gasteiger partial charge in [-0.05, 0) is 24.3 Å². The monoisotopic (exact) mass is 382 g/mol. The fraction of sp³-hybridized carbons (Fsp3) is 0.429. The van der Waals surface area contributed by atoms with Crippen LogP contribution in [0.25, 0.3) is 0 Å². The second kappa shape index (κ2) is 9.81. The van der Waals surface area contributed by atoms with Gasteiger partial charge in [-0.15, -0.1) is 0 Å². The number of anilines is 1. The number of nitriles is 1. The lowest BCUT2D eigenvalue weighted by atomic mass is 10.2. The van der Waals surface area contributed by atoms with Gasteiger partial charge in [-0.2, -0.15) is 5.26 Å². The normalized spacial score (nSPS) is 14.5. The Bertz CT molecular complexity index is 792. The molecule has 0 aliphatic carbocycles. The summed E-state index contributed by atoms with van der Waals surface area (Å²) in [5.41, 5.74) is 1.14. The van der Waals surface area contributed by atoms with Crippen LogP contribution in [0.5, 0.6) is 5.75 Å². The molecule has 2 aromatic rings. The molecule has 1 aliphatic rings. The fourth-order valence-electron chi connectivity index (χ4n) is 3.33. The van der Waals surface area contributed by atoms with Crippen LogP contribution in [0.4, 0.5) is 5.69 Å². The number of piperazine rings is 1. The lowest BCUT2D eigenvalue weighted by Gasteiger charge is -2.36. The first-order chi connectivity index (χ1) is 13.7. The number of hydrogen-bond acceptors (Lipinski definition) is 6. The minimum absolute atomic E-state index is 0.0291. The summed E-state index contributed by atoms with van der Waals surface area (Å²) in [7, 11) is 1.67. The maximum Gasteiger partial charge on any atom is 0.237 e. The molecule has 7 nitrogen and oxygen atoms in total. The van der Waals surface area contributed by atoms with Crippen molar-refractivity contribution in [3.05, 3.63) is 48.4 Å². The molecule has 7 heteroatoms. The Labute approximate surface area is 165 Å². The summed E-state index contributed by atoms with van der Waals surface area (Å²) in [4.78, 5) is 19.0. The molecule has 1 aromatic heterocycles. The number of carbonyl (C=O) groups is 1. The second-order valence-electron chi connectivity index (χ2n) is 6.77. The van der Waals surface area contributed by atoms with E-state index >= 15 is 0 Å². The van der Waals surface area contributed by atoms with Crippen LogP contribution in [0.15, 0.2) is 47.1 Å². The zero-order chi connectivity index (χ0) is 19.8. The highest BCUT2D eigenvalue weighted by molar-refractivity contribution is 5.78. The average molecular weight is 382 g/mol. The molecule has 1 aromatic carbocycles. The highest BCUT2D eigenvalue weighted by Crippen LogP contribution is 2.22. The van der Waals surface area contributed by atoms with Crippen LogP contribution in [0.3, 0.4) is 0 Å². The summed E-state index contributed by atoms with van der Waals surface area (Å²) in [6.07, 6.45) is 1.91. The topological polar surface area (TPSA) is 73.0 Å². The summed E-state index contributed by atoms with van der Waals surface area (Å²) >= 11 is 0. The molecule has 1 aliphatic heterocycles. The molecule has 0 atom stereocenters. The maximum absolute atomic E-state index is 12.8. The van der Waals surface area contributed by atoms with Crippen LogP contribution in [-0.2, 0) is 11.3 Å². The largest absolute Gasteiger partial charge is 0.497 e. The lowest BCUT2D eigenvalue weighted by Crippen LogP contribution is -2.50. The Balaban J connectivity index is 1.53. The van der Waals surface area contributed by atoms with Crippen molar-refractivity contribution in [1.29, 1.82) is 5.26 Å². The second-order valence-corrected chi connectivity index (χ2v) is 6.77. The van der Waals surface area contributed by atoms with E-state index in [0.717, 1.165) is 43.4 Å². The van der Waals surface area contributed by atoms with E-state index in [2.05, 4.69) is 21.9 Å². The minimum Gasteiger partial charge on any atom is -0.497 e. The van der Waals surface area contributed by atoms with Crippen LogP contribution in [-0.4, -0.2) is 62.1 Å². The Morgan fingerprint density at radius 3 is 2.75 bits per heavy atom. The van der Waals surface area contributed by atoms with Crippen LogP contribution in [0.2, 0.25) is 0 Å². The number of hydrogen-bond donors (Lipinski definition) is 0. The first-order valence-electron chi connectivity index (χ1n) is 9.48. The lowest BCUT2D eigenvalue weighted by molar-refractivity contribution is -0.133. The summed E-state index contributed by atoms with van der Waals surface area (Å²) in [5.74, 6) is 1.61. The molecule has 2 heterocycles. The number of rotatable bonds is 8. The number of carbonyl (C=O) groups excluding carboxylic acids is 1. The predicted molar refractivity (Wildman–Crippen MR) is 106 cm³/mol. The molecular weight excluding hydrogens is 356 g/mol. The number of methoxy groups -OCH3 is 1. The predicted octanol–water partition coefficient (Wildman–Crippen LogP) is 2.35. The van der Waals surface area contributed by atoms with Gasteiger partial charge in [-0.1, -0.05) is 6.07 Å². The molecule has 0 bridgehead atoms. The van der Waals surface area contributed by atoms with Gasteiger partial charge in [0.15, 0.2) is 0 Å². The molecule has 0 radical (unpaired) electrons. The molecular formula is C21H26N4O3. The van der Waals surface area contributed by atoms with Crippen LogP contribution in [0, 0.1) is 11.3 Å². The number of ether oxygens (including phenoxy) is 1. The van der Waals surface area contributed by atoms with E-state index < -0.39 is 0 Å². The van der Waals surface area contributed by atoms with E-state index in [1.165, 1.54) is 0 Å². The zero-order valence-electron chi connectivity index (χ0n) is 16.2. The van der Waals surface area contributed by atoms with Gasteiger partial charge in [-0.3, -0.25) is 9.69 Å². The number of amides is 1. The first-order valence-corrected chi connectivity index (χ1v) is 9.48. The van der Waals surface area contributed by atoms with E-state index in [1.54, 1.807) is 24.3 Å². The number of benzene rings is 1. The quantitative estimate of drug-likeness (QED) is 0.698. The van der Waals surface area contributed by atoms with Crippen LogP contribution in [0.1, 0.15) is 12.2 Å². The average Bonchev–Trinajstić information content (AvgIpc) is 3.25. The van der Waals surface area contributed by atoms with Gasteiger partial charge in [0.2, 0.25) is 5.91 Å². The molecule has 148 valence electrons. The van der Waals surface area contributed by atoms with Crippen molar-refractivity contribution in [2.45, 2.75) is 13.0 Å². The van der Waals surface area contributed by atoms with Crippen molar-refractivity contribution < 1.29 is 13.9 Å². The molecule has 3 rings (SSSR count). The number of nitrogens with zero attached hydrogens (tertiary/aromatic N) is 4. The molecule has 1 amide bonds. The Morgan fingerprint density at radius 1 is 1.25 bits per heavy atom. The molecule has 28 heavy (non-hydrogen) atoms. The van der Waals surface area contributed by atoms with Crippen molar-refractivity contribution in [1.82, 2.24) is 9.80 Å². The van der Waals surface area contributed by atoms with Gasteiger partial charge in [-0.25, -0.2) is 0 Å². The van der Waals surface area contributed by atoms with Crippen molar-refractivity contribution in [3.63, 3.8) is 0 Å². The van der Waals surface area contributed by atoms with Crippen LogP contribution < -0.4 is 9.64 Å². The zero-order valence-corrected chi connectivity index (χ0v) is 16.2. The Kier molecular flexibility index (Phi) is 6.93. The van der Waals surface area contributed by atoms with Crippen molar-refractivity contribution in [3.8, 4) is 11.8 Å². The third-order valence-electron chi connectivity index (χ3n) is 4.92. The molecule has 1 fully saturated rings. The van der Waals surface area contributed by atoms with Gasteiger partial charge >= 0.3 is 0 Å². The molecule has 0 spiro atoms. The van der Waals surface area contributed by atoms with Gasteiger partial charge in [0.05, 0.1) is 39.0 Å².